The molecule has 0 spiro atoms. The van der Waals surface area contributed by atoms with Crippen molar-refractivity contribution in [2.24, 2.45) is 5.92 Å². The zero-order valence-electron chi connectivity index (χ0n) is 8.55. The molecule has 14 heavy (non-hydrogen) atoms. The second-order valence-electron chi connectivity index (χ2n) is 4.39. The first-order valence-corrected chi connectivity index (χ1v) is 5.38. The van der Waals surface area contributed by atoms with Crippen LogP contribution in [0.15, 0.2) is 18.2 Å². The Morgan fingerprint density at radius 2 is 2.07 bits per heavy atom. The van der Waals surface area contributed by atoms with Crippen LogP contribution in [0.2, 0.25) is 5.02 Å². The van der Waals surface area contributed by atoms with E-state index in [9.17, 15) is 5.11 Å². The van der Waals surface area contributed by atoms with Crippen LogP contribution in [-0.2, 0) is 5.60 Å². The predicted molar refractivity (Wildman–Crippen MR) is 58.5 cm³/mol. The van der Waals surface area contributed by atoms with E-state index < -0.39 is 5.60 Å². The fourth-order valence-electron chi connectivity index (χ4n) is 1.84. The number of hydrogen-bond donors (Lipinski definition) is 1. The largest absolute Gasteiger partial charge is 0.385 e. The molecule has 0 radical (unpaired) electrons. The molecule has 0 bridgehead atoms. The Morgan fingerprint density at radius 1 is 1.43 bits per heavy atom. The van der Waals surface area contributed by atoms with E-state index in [1.165, 1.54) is 0 Å². The highest BCUT2D eigenvalue weighted by Crippen LogP contribution is 2.45. The zero-order valence-corrected chi connectivity index (χ0v) is 9.30. The van der Waals surface area contributed by atoms with Crippen molar-refractivity contribution in [1.29, 1.82) is 0 Å². The van der Waals surface area contributed by atoms with Crippen LogP contribution in [0.3, 0.4) is 0 Å². The van der Waals surface area contributed by atoms with Crippen molar-refractivity contribution in [1.82, 2.24) is 0 Å². The van der Waals surface area contributed by atoms with Crippen LogP contribution in [0, 0.1) is 12.8 Å². The normalized spacial score (nSPS) is 20.6. The van der Waals surface area contributed by atoms with Crippen LogP contribution in [0.25, 0.3) is 0 Å². The minimum absolute atomic E-state index is 0.433. The molecule has 1 aromatic rings. The van der Waals surface area contributed by atoms with E-state index in [2.05, 4.69) is 0 Å². The van der Waals surface area contributed by atoms with Gasteiger partial charge in [-0.1, -0.05) is 23.7 Å². The first kappa shape index (κ1) is 10.0. The van der Waals surface area contributed by atoms with Gasteiger partial charge in [0.15, 0.2) is 0 Å². The molecule has 1 aliphatic carbocycles. The van der Waals surface area contributed by atoms with Crippen molar-refractivity contribution in [3.63, 3.8) is 0 Å². The molecule has 0 unspecified atom stereocenters. The van der Waals surface area contributed by atoms with E-state index in [0.717, 1.165) is 29.0 Å². The summed E-state index contributed by atoms with van der Waals surface area (Å²) in [4.78, 5) is 0. The standard InChI is InChI=1S/C12H15ClO/c1-8-7-10(5-6-11(8)13)12(2,14)9-3-4-9/h5-7,9,14H,3-4H2,1-2H3/t12-/m0/s1. The lowest BCUT2D eigenvalue weighted by Crippen LogP contribution is -2.23. The fraction of sp³-hybridized carbons (Fsp3) is 0.500. The quantitative estimate of drug-likeness (QED) is 0.795. The van der Waals surface area contributed by atoms with Gasteiger partial charge >= 0.3 is 0 Å². The van der Waals surface area contributed by atoms with E-state index in [1.54, 1.807) is 0 Å². The Bertz CT molecular complexity index is 353. The lowest BCUT2D eigenvalue weighted by molar-refractivity contribution is 0.0330. The molecule has 1 aliphatic rings. The smallest absolute Gasteiger partial charge is 0.0896 e. The third-order valence-electron chi connectivity index (χ3n) is 3.11. The lowest BCUT2D eigenvalue weighted by Gasteiger charge is -2.24. The van der Waals surface area contributed by atoms with Crippen molar-refractivity contribution in [3.8, 4) is 0 Å². The van der Waals surface area contributed by atoms with Gasteiger partial charge < -0.3 is 5.11 Å². The van der Waals surface area contributed by atoms with Crippen LogP contribution in [-0.4, -0.2) is 5.11 Å². The molecule has 1 nitrogen and oxygen atoms in total. The molecule has 1 N–H and O–H groups in total. The molecule has 1 atom stereocenters. The second kappa shape index (κ2) is 3.25. The minimum atomic E-state index is -0.671. The van der Waals surface area contributed by atoms with E-state index in [0.29, 0.717) is 5.92 Å². The number of hydrogen-bond acceptors (Lipinski definition) is 1. The summed E-state index contributed by atoms with van der Waals surface area (Å²) in [6, 6.07) is 5.78. The van der Waals surface area contributed by atoms with Crippen LogP contribution in [0.5, 0.6) is 0 Å². The Hall–Kier alpha value is -0.530. The number of aryl methyl sites for hydroxylation is 1. The summed E-state index contributed by atoms with van der Waals surface area (Å²) in [6.07, 6.45) is 2.27. The SMILES string of the molecule is Cc1cc([C@@](C)(O)C2CC2)ccc1Cl. The summed E-state index contributed by atoms with van der Waals surface area (Å²) in [5, 5.41) is 11.1. The third-order valence-corrected chi connectivity index (χ3v) is 3.54. The monoisotopic (exact) mass is 210 g/mol. The van der Waals surface area contributed by atoms with Gasteiger partial charge in [0.1, 0.15) is 0 Å². The van der Waals surface area contributed by atoms with Gasteiger partial charge in [-0.25, -0.2) is 0 Å². The van der Waals surface area contributed by atoms with Gasteiger partial charge in [0.2, 0.25) is 0 Å². The average molecular weight is 211 g/mol. The van der Waals surface area contributed by atoms with E-state index in [1.807, 2.05) is 32.0 Å². The highest BCUT2D eigenvalue weighted by Gasteiger charge is 2.41. The summed E-state index contributed by atoms with van der Waals surface area (Å²) >= 11 is 5.94. The molecule has 2 rings (SSSR count). The predicted octanol–water partition coefficient (Wildman–Crippen LogP) is 3.27. The van der Waals surface area contributed by atoms with Gasteiger partial charge in [-0.3, -0.25) is 0 Å². The summed E-state index contributed by atoms with van der Waals surface area (Å²) in [6.45, 7) is 3.86. The number of aliphatic hydroxyl groups is 1. The van der Waals surface area contributed by atoms with Gasteiger partial charge in [-0.05, 0) is 49.8 Å². The first-order chi connectivity index (χ1) is 6.51. The van der Waals surface area contributed by atoms with Gasteiger partial charge in [0, 0.05) is 5.02 Å². The van der Waals surface area contributed by atoms with Crippen molar-refractivity contribution in [3.05, 3.63) is 34.3 Å². The first-order valence-electron chi connectivity index (χ1n) is 5.01. The Kier molecular flexibility index (Phi) is 2.32. The van der Waals surface area contributed by atoms with Crippen molar-refractivity contribution >= 4 is 11.6 Å². The Balaban J connectivity index is 2.36. The van der Waals surface area contributed by atoms with E-state index >= 15 is 0 Å². The van der Waals surface area contributed by atoms with Crippen LogP contribution in [0.4, 0.5) is 0 Å². The van der Waals surface area contributed by atoms with Crippen molar-refractivity contribution in [2.75, 3.05) is 0 Å². The number of rotatable bonds is 2. The maximum Gasteiger partial charge on any atom is 0.0896 e. The lowest BCUT2D eigenvalue weighted by atomic mass is 9.90. The molecule has 1 saturated carbocycles. The molecule has 0 amide bonds. The number of benzene rings is 1. The third kappa shape index (κ3) is 1.67. The summed E-state index contributed by atoms with van der Waals surface area (Å²) in [7, 11) is 0. The summed E-state index contributed by atoms with van der Waals surface area (Å²) in [5.74, 6) is 0.433. The molecular weight excluding hydrogens is 196 g/mol. The van der Waals surface area contributed by atoms with E-state index in [4.69, 9.17) is 11.6 Å². The molecule has 0 aliphatic heterocycles. The molecule has 0 saturated heterocycles. The molecule has 0 aromatic heterocycles. The Morgan fingerprint density at radius 3 is 2.57 bits per heavy atom. The maximum atomic E-state index is 10.3. The van der Waals surface area contributed by atoms with Crippen LogP contribution >= 0.6 is 11.6 Å². The van der Waals surface area contributed by atoms with Crippen molar-refractivity contribution in [2.45, 2.75) is 32.3 Å². The summed E-state index contributed by atoms with van der Waals surface area (Å²) < 4.78 is 0. The molecule has 2 heteroatoms. The van der Waals surface area contributed by atoms with Gasteiger partial charge in [-0.15, -0.1) is 0 Å². The highest BCUT2D eigenvalue weighted by atomic mass is 35.5. The van der Waals surface area contributed by atoms with E-state index in [-0.39, 0.29) is 0 Å². The molecule has 0 heterocycles. The second-order valence-corrected chi connectivity index (χ2v) is 4.79. The van der Waals surface area contributed by atoms with Gasteiger partial charge in [0.05, 0.1) is 5.60 Å². The molecule has 1 fully saturated rings. The minimum Gasteiger partial charge on any atom is -0.385 e. The van der Waals surface area contributed by atoms with Crippen LogP contribution < -0.4 is 0 Å². The topological polar surface area (TPSA) is 20.2 Å². The van der Waals surface area contributed by atoms with Crippen molar-refractivity contribution < 1.29 is 5.11 Å². The summed E-state index contributed by atoms with van der Waals surface area (Å²) in [5.41, 5.74) is 1.35. The Labute approximate surface area is 89.7 Å². The highest BCUT2D eigenvalue weighted by molar-refractivity contribution is 6.31. The average Bonchev–Trinajstić information content (AvgIpc) is 2.92. The fourth-order valence-corrected chi connectivity index (χ4v) is 1.96. The zero-order chi connectivity index (χ0) is 10.3. The van der Waals surface area contributed by atoms with Gasteiger partial charge in [0.25, 0.3) is 0 Å². The maximum absolute atomic E-state index is 10.3. The van der Waals surface area contributed by atoms with Crippen LogP contribution in [0.1, 0.15) is 30.9 Å². The van der Waals surface area contributed by atoms with Gasteiger partial charge in [-0.2, -0.15) is 0 Å². The molecule has 76 valence electrons. The molecule has 1 aromatic carbocycles. The number of halogens is 1. The molecular formula is C12H15ClO.